The molecule has 0 aliphatic carbocycles. The molecular weight excluding hydrogens is 260 g/mol. The number of halogens is 3. The van der Waals surface area contributed by atoms with Crippen molar-refractivity contribution < 1.29 is 4.39 Å². The van der Waals surface area contributed by atoms with Gasteiger partial charge in [-0.15, -0.1) is 11.6 Å². The molecule has 0 saturated heterocycles. The van der Waals surface area contributed by atoms with Gasteiger partial charge in [0.1, 0.15) is 5.82 Å². The molecule has 0 fully saturated rings. The molecular formula is C13H10Cl2FN. The smallest absolute Gasteiger partial charge is 0.128 e. The number of rotatable bonds is 3. The molecule has 0 amide bonds. The van der Waals surface area contributed by atoms with Gasteiger partial charge in [0.05, 0.1) is 5.38 Å². The first-order chi connectivity index (χ1) is 8.16. The molecule has 0 aliphatic heterocycles. The summed E-state index contributed by atoms with van der Waals surface area (Å²) in [7, 11) is 0. The van der Waals surface area contributed by atoms with E-state index in [1.807, 2.05) is 12.1 Å². The second-order valence-electron chi connectivity index (χ2n) is 3.69. The lowest BCUT2D eigenvalue weighted by Crippen LogP contribution is -1.99. The van der Waals surface area contributed by atoms with Crippen LogP contribution in [0.3, 0.4) is 0 Å². The highest BCUT2D eigenvalue weighted by atomic mass is 35.5. The molecule has 88 valence electrons. The van der Waals surface area contributed by atoms with Crippen molar-refractivity contribution in [2.45, 2.75) is 11.8 Å². The predicted molar refractivity (Wildman–Crippen MR) is 67.9 cm³/mol. The number of hydrogen-bond acceptors (Lipinski definition) is 1. The normalized spacial score (nSPS) is 12.4. The van der Waals surface area contributed by atoms with Gasteiger partial charge in [-0.1, -0.05) is 11.6 Å². The second kappa shape index (κ2) is 5.48. The van der Waals surface area contributed by atoms with Gasteiger partial charge in [-0.2, -0.15) is 0 Å². The zero-order chi connectivity index (χ0) is 12.3. The highest BCUT2D eigenvalue weighted by Crippen LogP contribution is 2.29. The van der Waals surface area contributed by atoms with Crippen LogP contribution in [0.25, 0.3) is 0 Å². The first kappa shape index (κ1) is 12.3. The number of hydrogen-bond donors (Lipinski definition) is 0. The van der Waals surface area contributed by atoms with E-state index in [1.165, 1.54) is 12.1 Å². The van der Waals surface area contributed by atoms with Crippen LogP contribution in [0.4, 0.5) is 4.39 Å². The van der Waals surface area contributed by atoms with E-state index in [0.717, 1.165) is 5.56 Å². The van der Waals surface area contributed by atoms with Crippen molar-refractivity contribution in [1.29, 1.82) is 0 Å². The number of pyridine rings is 1. The van der Waals surface area contributed by atoms with E-state index >= 15 is 0 Å². The van der Waals surface area contributed by atoms with Crippen LogP contribution in [-0.4, -0.2) is 4.98 Å². The molecule has 0 N–H and O–H groups in total. The molecule has 0 saturated carbocycles. The molecule has 1 aromatic carbocycles. The summed E-state index contributed by atoms with van der Waals surface area (Å²) in [4.78, 5) is 3.92. The Morgan fingerprint density at radius 1 is 1.18 bits per heavy atom. The maximum absolute atomic E-state index is 13.6. The lowest BCUT2D eigenvalue weighted by atomic mass is 10.0. The van der Waals surface area contributed by atoms with Gasteiger partial charge in [0.15, 0.2) is 0 Å². The SMILES string of the molecule is Fc1ccc(Cl)cc1C(Cl)Cc1ccncc1. The van der Waals surface area contributed by atoms with Gasteiger partial charge in [0.25, 0.3) is 0 Å². The van der Waals surface area contributed by atoms with Crippen molar-refractivity contribution in [2.75, 3.05) is 0 Å². The van der Waals surface area contributed by atoms with Crippen LogP contribution < -0.4 is 0 Å². The van der Waals surface area contributed by atoms with Crippen molar-refractivity contribution in [3.05, 3.63) is 64.7 Å². The van der Waals surface area contributed by atoms with Crippen LogP contribution in [0, 0.1) is 5.82 Å². The summed E-state index contributed by atoms with van der Waals surface area (Å²) in [6.45, 7) is 0. The first-order valence-electron chi connectivity index (χ1n) is 5.15. The van der Waals surface area contributed by atoms with Gasteiger partial charge in [-0.3, -0.25) is 4.98 Å². The number of nitrogens with zero attached hydrogens (tertiary/aromatic N) is 1. The number of benzene rings is 1. The summed E-state index contributed by atoms with van der Waals surface area (Å²) in [5.74, 6) is -0.330. The standard InChI is InChI=1S/C13H10Cl2FN/c14-10-1-2-13(16)11(8-10)12(15)7-9-3-5-17-6-4-9/h1-6,8,12H,7H2. The topological polar surface area (TPSA) is 12.9 Å². The third kappa shape index (κ3) is 3.18. The Morgan fingerprint density at radius 3 is 2.59 bits per heavy atom. The van der Waals surface area contributed by atoms with E-state index < -0.39 is 5.38 Å². The Morgan fingerprint density at radius 2 is 1.88 bits per heavy atom. The van der Waals surface area contributed by atoms with E-state index in [-0.39, 0.29) is 5.82 Å². The van der Waals surface area contributed by atoms with Gasteiger partial charge in [-0.25, -0.2) is 4.39 Å². The molecule has 1 atom stereocenters. The minimum Gasteiger partial charge on any atom is -0.265 e. The maximum Gasteiger partial charge on any atom is 0.128 e. The summed E-state index contributed by atoms with van der Waals surface area (Å²) < 4.78 is 13.6. The lowest BCUT2D eigenvalue weighted by molar-refractivity contribution is 0.606. The van der Waals surface area contributed by atoms with E-state index in [0.29, 0.717) is 17.0 Å². The Kier molecular flexibility index (Phi) is 3.97. The van der Waals surface area contributed by atoms with Gasteiger partial charge in [0, 0.05) is 23.0 Å². The maximum atomic E-state index is 13.6. The Hall–Kier alpha value is -1.12. The summed E-state index contributed by atoms with van der Waals surface area (Å²) in [6.07, 6.45) is 3.92. The van der Waals surface area contributed by atoms with E-state index in [4.69, 9.17) is 23.2 Å². The lowest BCUT2D eigenvalue weighted by Gasteiger charge is -2.11. The van der Waals surface area contributed by atoms with Crippen LogP contribution in [-0.2, 0) is 6.42 Å². The highest BCUT2D eigenvalue weighted by Gasteiger charge is 2.14. The average Bonchev–Trinajstić information content (AvgIpc) is 2.33. The van der Waals surface area contributed by atoms with Crippen LogP contribution in [0.15, 0.2) is 42.7 Å². The van der Waals surface area contributed by atoms with Crippen molar-refractivity contribution >= 4 is 23.2 Å². The summed E-state index contributed by atoms with van der Waals surface area (Å²) >= 11 is 12.0. The molecule has 1 nitrogen and oxygen atoms in total. The quantitative estimate of drug-likeness (QED) is 0.753. The summed E-state index contributed by atoms with van der Waals surface area (Å²) in [5, 5.41) is 0.0536. The molecule has 2 rings (SSSR count). The van der Waals surface area contributed by atoms with Gasteiger partial charge in [-0.05, 0) is 42.3 Å². The van der Waals surface area contributed by atoms with Crippen molar-refractivity contribution in [3.8, 4) is 0 Å². The fraction of sp³-hybridized carbons (Fsp3) is 0.154. The summed E-state index contributed by atoms with van der Waals surface area (Å²) in [6, 6.07) is 8.13. The number of aromatic nitrogens is 1. The van der Waals surface area contributed by atoms with Crippen LogP contribution in [0.5, 0.6) is 0 Å². The van der Waals surface area contributed by atoms with Crippen LogP contribution >= 0.6 is 23.2 Å². The third-order valence-electron chi connectivity index (χ3n) is 2.46. The number of alkyl halides is 1. The molecule has 0 spiro atoms. The van der Waals surface area contributed by atoms with E-state index in [2.05, 4.69) is 4.98 Å². The van der Waals surface area contributed by atoms with Gasteiger partial charge < -0.3 is 0 Å². The molecule has 0 radical (unpaired) electrons. The Balaban J connectivity index is 2.20. The molecule has 0 aliphatic rings. The Bertz CT molecular complexity index is 502. The zero-order valence-corrected chi connectivity index (χ0v) is 10.4. The average molecular weight is 270 g/mol. The van der Waals surface area contributed by atoms with Gasteiger partial charge in [0.2, 0.25) is 0 Å². The van der Waals surface area contributed by atoms with Crippen molar-refractivity contribution in [2.24, 2.45) is 0 Å². The van der Waals surface area contributed by atoms with Crippen LogP contribution in [0.1, 0.15) is 16.5 Å². The molecule has 2 aromatic rings. The molecule has 1 unspecified atom stereocenters. The molecule has 0 bridgehead atoms. The minimum absolute atomic E-state index is 0.330. The van der Waals surface area contributed by atoms with Gasteiger partial charge >= 0.3 is 0 Å². The Labute approximate surface area is 109 Å². The highest BCUT2D eigenvalue weighted by molar-refractivity contribution is 6.30. The van der Waals surface area contributed by atoms with Crippen molar-refractivity contribution in [3.63, 3.8) is 0 Å². The third-order valence-corrected chi connectivity index (χ3v) is 3.08. The molecule has 17 heavy (non-hydrogen) atoms. The molecule has 1 aromatic heterocycles. The molecule has 4 heteroatoms. The van der Waals surface area contributed by atoms with E-state index in [9.17, 15) is 4.39 Å². The summed E-state index contributed by atoms with van der Waals surface area (Å²) in [5.41, 5.74) is 1.44. The zero-order valence-electron chi connectivity index (χ0n) is 8.91. The fourth-order valence-electron chi connectivity index (χ4n) is 1.59. The molecule has 1 heterocycles. The second-order valence-corrected chi connectivity index (χ2v) is 4.66. The largest absolute Gasteiger partial charge is 0.265 e. The fourth-order valence-corrected chi connectivity index (χ4v) is 2.12. The minimum atomic E-state index is -0.434. The van der Waals surface area contributed by atoms with E-state index in [1.54, 1.807) is 18.5 Å². The predicted octanol–water partition coefficient (Wildman–Crippen LogP) is 4.40. The van der Waals surface area contributed by atoms with Crippen LogP contribution in [0.2, 0.25) is 5.02 Å². The first-order valence-corrected chi connectivity index (χ1v) is 5.96. The monoisotopic (exact) mass is 269 g/mol. The van der Waals surface area contributed by atoms with Crippen molar-refractivity contribution in [1.82, 2.24) is 4.98 Å².